The molecule has 0 bridgehead atoms. The van der Waals surface area contributed by atoms with Crippen molar-refractivity contribution in [3.05, 3.63) is 18.2 Å². The van der Waals surface area contributed by atoms with E-state index in [1.54, 1.807) is 18.2 Å². The van der Waals surface area contributed by atoms with Gasteiger partial charge < -0.3 is 15.3 Å². The molecular formula is C14H17NO4S2. The summed E-state index contributed by atoms with van der Waals surface area (Å²) in [5.74, 6) is -0.660. The van der Waals surface area contributed by atoms with Crippen molar-refractivity contribution >= 4 is 39.3 Å². The summed E-state index contributed by atoms with van der Waals surface area (Å²) in [6.07, 6.45) is 2.86. The van der Waals surface area contributed by atoms with Crippen molar-refractivity contribution in [3.8, 4) is 5.75 Å². The second-order valence-electron chi connectivity index (χ2n) is 4.65. The average Bonchev–Trinajstić information content (AvgIpc) is 2.83. The number of hydrogen-bond donors (Lipinski definition) is 3. The number of benzene rings is 1. The lowest BCUT2D eigenvalue weighted by Gasteiger charge is -2.09. The third-order valence-corrected chi connectivity index (χ3v) is 5.36. The molecule has 0 saturated carbocycles. The Hall–Kier alpha value is -1.31. The number of aliphatic hydroxyl groups is 1. The van der Waals surface area contributed by atoms with Gasteiger partial charge in [-0.1, -0.05) is 24.6 Å². The smallest absolute Gasteiger partial charge is 0.317 e. The minimum Gasteiger partial charge on any atom is -0.508 e. The number of unbranched alkanes of at least 4 members (excludes halogenated alkanes) is 2. The molecule has 7 heteroatoms. The highest BCUT2D eigenvalue weighted by atomic mass is 32.2. The largest absolute Gasteiger partial charge is 0.508 e. The molecular weight excluding hydrogens is 310 g/mol. The highest BCUT2D eigenvalue weighted by molar-refractivity contribution is 8.02. The first-order valence-corrected chi connectivity index (χ1v) is 8.39. The molecule has 3 N–H and O–H groups in total. The number of thiazole rings is 1. The van der Waals surface area contributed by atoms with Crippen LogP contribution in [0.5, 0.6) is 5.75 Å². The molecule has 1 unspecified atom stereocenters. The van der Waals surface area contributed by atoms with E-state index in [4.69, 9.17) is 5.11 Å². The number of carboxylic acid groups (broad SMARTS) is 1. The van der Waals surface area contributed by atoms with E-state index in [0.29, 0.717) is 17.2 Å². The van der Waals surface area contributed by atoms with E-state index in [-0.39, 0.29) is 12.4 Å². The fraction of sp³-hybridized carbons (Fsp3) is 0.429. The number of carboxylic acids is 1. The van der Waals surface area contributed by atoms with Crippen LogP contribution < -0.4 is 0 Å². The van der Waals surface area contributed by atoms with E-state index in [1.165, 1.54) is 23.1 Å². The molecule has 1 atom stereocenters. The molecule has 1 heterocycles. The van der Waals surface area contributed by atoms with Crippen molar-refractivity contribution in [1.82, 2.24) is 4.98 Å². The Morgan fingerprint density at radius 1 is 1.33 bits per heavy atom. The van der Waals surface area contributed by atoms with Crippen molar-refractivity contribution in [2.24, 2.45) is 0 Å². The molecule has 0 aliphatic rings. The van der Waals surface area contributed by atoms with Crippen LogP contribution in [0, 0.1) is 0 Å². The molecule has 21 heavy (non-hydrogen) atoms. The number of rotatable bonds is 8. The number of aromatic nitrogens is 1. The Balaban J connectivity index is 2.02. The number of phenolic OH excluding ortho intramolecular Hbond substituents is 1. The predicted molar refractivity (Wildman–Crippen MR) is 84.1 cm³/mol. The summed E-state index contributed by atoms with van der Waals surface area (Å²) in [4.78, 5) is 15.7. The van der Waals surface area contributed by atoms with Gasteiger partial charge in [0, 0.05) is 6.61 Å². The molecule has 0 saturated heterocycles. The number of nitrogens with zero attached hydrogens (tertiary/aromatic N) is 1. The Morgan fingerprint density at radius 2 is 2.14 bits per heavy atom. The lowest BCUT2D eigenvalue weighted by atomic mass is 10.1. The maximum atomic E-state index is 11.3. The summed E-state index contributed by atoms with van der Waals surface area (Å²) in [6.45, 7) is 0.145. The third-order valence-electron chi connectivity index (χ3n) is 3.00. The molecule has 0 spiro atoms. The zero-order valence-electron chi connectivity index (χ0n) is 11.4. The Labute approximate surface area is 130 Å². The van der Waals surface area contributed by atoms with Crippen LogP contribution in [0.1, 0.15) is 25.7 Å². The second-order valence-corrected chi connectivity index (χ2v) is 7.13. The van der Waals surface area contributed by atoms with Crippen LogP contribution in [0.4, 0.5) is 0 Å². The molecule has 0 aliphatic heterocycles. The van der Waals surface area contributed by atoms with Gasteiger partial charge in [-0.3, -0.25) is 4.79 Å². The Kier molecular flexibility index (Phi) is 5.84. The number of hydrogen-bond acceptors (Lipinski definition) is 6. The first-order chi connectivity index (χ1) is 10.1. The van der Waals surface area contributed by atoms with Crippen LogP contribution in [0.15, 0.2) is 22.5 Å². The first-order valence-electron chi connectivity index (χ1n) is 6.70. The van der Waals surface area contributed by atoms with Gasteiger partial charge in [-0.25, -0.2) is 4.98 Å². The van der Waals surface area contributed by atoms with E-state index < -0.39 is 11.2 Å². The highest BCUT2D eigenvalue weighted by Crippen LogP contribution is 2.35. The minimum absolute atomic E-state index is 0.145. The summed E-state index contributed by atoms with van der Waals surface area (Å²) in [7, 11) is 0. The monoisotopic (exact) mass is 327 g/mol. The van der Waals surface area contributed by atoms with Gasteiger partial charge in [-0.2, -0.15) is 0 Å². The quantitative estimate of drug-likeness (QED) is 0.510. The van der Waals surface area contributed by atoms with Gasteiger partial charge in [-0.15, -0.1) is 11.3 Å². The van der Waals surface area contributed by atoms with Crippen molar-refractivity contribution < 1.29 is 20.1 Å². The van der Waals surface area contributed by atoms with Gasteiger partial charge in [0.2, 0.25) is 0 Å². The van der Waals surface area contributed by atoms with Crippen LogP contribution in [-0.4, -0.2) is 38.1 Å². The van der Waals surface area contributed by atoms with Crippen LogP contribution in [-0.2, 0) is 4.79 Å². The Morgan fingerprint density at radius 3 is 2.86 bits per heavy atom. The molecule has 5 nitrogen and oxygen atoms in total. The first kappa shape index (κ1) is 16.1. The maximum absolute atomic E-state index is 11.3. The summed E-state index contributed by atoms with van der Waals surface area (Å²) < 4.78 is 1.55. The molecule has 2 aromatic rings. The third kappa shape index (κ3) is 4.59. The second kappa shape index (κ2) is 7.63. The van der Waals surface area contributed by atoms with Gasteiger partial charge in [0.1, 0.15) is 11.0 Å². The number of phenols is 1. The minimum atomic E-state index is -0.842. The van der Waals surface area contributed by atoms with Gasteiger partial charge in [0.05, 0.1) is 10.2 Å². The maximum Gasteiger partial charge on any atom is 0.317 e. The van der Waals surface area contributed by atoms with Gasteiger partial charge in [-0.05, 0) is 31.0 Å². The lowest BCUT2D eigenvalue weighted by molar-refractivity contribution is -0.136. The zero-order chi connectivity index (χ0) is 15.2. The summed E-state index contributed by atoms with van der Waals surface area (Å²) >= 11 is 2.64. The average molecular weight is 327 g/mol. The SMILES string of the molecule is O=C(O)C(CCCCCO)Sc1nc2ccc(O)cc2s1. The van der Waals surface area contributed by atoms with Crippen LogP contribution in [0.2, 0.25) is 0 Å². The zero-order valence-corrected chi connectivity index (χ0v) is 13.0. The predicted octanol–water partition coefficient (Wildman–Crippen LogP) is 3.10. The van der Waals surface area contributed by atoms with Crippen molar-refractivity contribution in [2.75, 3.05) is 6.61 Å². The van der Waals surface area contributed by atoms with Crippen LogP contribution >= 0.6 is 23.1 Å². The fourth-order valence-corrected chi connectivity index (χ4v) is 4.24. The number of thioether (sulfide) groups is 1. The standard InChI is InChI=1S/C14H17NO4S2/c16-7-3-1-2-4-11(13(18)19)20-14-15-10-6-5-9(17)8-12(10)21-14/h5-6,8,11,16-17H,1-4,7H2,(H,18,19). The van der Waals surface area contributed by atoms with Crippen LogP contribution in [0.25, 0.3) is 10.2 Å². The van der Waals surface area contributed by atoms with Crippen molar-refractivity contribution in [3.63, 3.8) is 0 Å². The molecule has 2 rings (SSSR count). The number of aliphatic hydroxyl groups excluding tert-OH is 1. The Bertz CT molecular complexity index is 614. The molecule has 114 valence electrons. The molecule has 0 aliphatic carbocycles. The van der Waals surface area contributed by atoms with Crippen molar-refractivity contribution in [2.45, 2.75) is 35.3 Å². The van der Waals surface area contributed by atoms with Gasteiger partial charge in [0.25, 0.3) is 0 Å². The van der Waals surface area contributed by atoms with Gasteiger partial charge >= 0.3 is 5.97 Å². The lowest BCUT2D eigenvalue weighted by Crippen LogP contribution is -2.16. The van der Waals surface area contributed by atoms with E-state index in [0.717, 1.165) is 23.1 Å². The molecule has 1 aromatic heterocycles. The highest BCUT2D eigenvalue weighted by Gasteiger charge is 2.20. The van der Waals surface area contributed by atoms with E-state index in [9.17, 15) is 15.0 Å². The summed E-state index contributed by atoms with van der Waals surface area (Å²) in [6, 6.07) is 4.93. The topological polar surface area (TPSA) is 90.7 Å². The molecule has 1 aromatic carbocycles. The van der Waals surface area contributed by atoms with E-state index in [1.807, 2.05) is 0 Å². The fourth-order valence-electron chi connectivity index (χ4n) is 1.92. The summed E-state index contributed by atoms with van der Waals surface area (Å²) in [5.41, 5.74) is 0.768. The number of carbonyl (C=O) groups is 1. The molecule has 0 radical (unpaired) electrons. The van der Waals surface area contributed by atoms with Crippen molar-refractivity contribution in [1.29, 1.82) is 0 Å². The van der Waals surface area contributed by atoms with E-state index >= 15 is 0 Å². The molecule has 0 amide bonds. The number of fused-ring (bicyclic) bond motifs is 1. The van der Waals surface area contributed by atoms with Gasteiger partial charge in [0.15, 0.2) is 4.34 Å². The number of aliphatic carboxylic acids is 1. The normalized spacial score (nSPS) is 12.6. The molecule has 0 fully saturated rings. The van der Waals surface area contributed by atoms with Crippen LogP contribution in [0.3, 0.4) is 0 Å². The van der Waals surface area contributed by atoms with E-state index in [2.05, 4.69) is 4.98 Å². The summed E-state index contributed by atoms with van der Waals surface area (Å²) in [5, 5.41) is 26.9. The number of aromatic hydroxyl groups is 1.